The van der Waals surface area contributed by atoms with Crippen molar-refractivity contribution in [3.8, 4) is 11.5 Å². The average molecular weight is 291 g/mol. The first-order chi connectivity index (χ1) is 10.2. The molecule has 1 aromatic carbocycles. The van der Waals surface area contributed by atoms with Crippen LogP contribution >= 0.6 is 0 Å². The molecule has 1 aliphatic heterocycles. The molecule has 0 amide bonds. The lowest BCUT2D eigenvalue weighted by atomic mass is 10.0. The van der Waals surface area contributed by atoms with Gasteiger partial charge in [0, 0.05) is 18.5 Å². The molecule has 1 aromatic rings. The molecule has 3 rings (SSSR count). The third-order valence-corrected chi connectivity index (χ3v) is 3.76. The van der Waals surface area contributed by atoms with E-state index in [0.717, 1.165) is 36.3 Å². The fraction of sp³-hybridized carbons (Fsp3) is 0.562. The van der Waals surface area contributed by atoms with Gasteiger partial charge in [-0.25, -0.2) is 0 Å². The molecule has 1 aliphatic carbocycles. The summed E-state index contributed by atoms with van der Waals surface area (Å²) in [5, 5.41) is 12.5. The van der Waals surface area contributed by atoms with Crippen molar-refractivity contribution in [3.63, 3.8) is 0 Å². The number of ether oxygens (including phenoxy) is 2. The van der Waals surface area contributed by atoms with Crippen LogP contribution in [0.4, 0.5) is 0 Å². The van der Waals surface area contributed by atoms with Crippen molar-refractivity contribution < 1.29 is 19.4 Å². The molecule has 0 radical (unpaired) electrons. The second kappa shape index (κ2) is 6.35. The van der Waals surface area contributed by atoms with Crippen molar-refractivity contribution in [2.75, 3.05) is 13.2 Å². The van der Waals surface area contributed by atoms with E-state index >= 15 is 0 Å². The first-order valence-electron chi connectivity index (χ1n) is 7.57. The second-order valence-corrected chi connectivity index (χ2v) is 5.77. The minimum Gasteiger partial charge on any atom is -0.490 e. The van der Waals surface area contributed by atoms with Crippen molar-refractivity contribution in [2.24, 2.45) is 0 Å². The Morgan fingerprint density at radius 3 is 2.76 bits per heavy atom. The SMILES string of the molecule is O=C(O)CC(Cc1ccc2c(c1)OCCCO2)NC1CC1. The molecule has 1 unspecified atom stereocenters. The highest BCUT2D eigenvalue weighted by molar-refractivity contribution is 5.67. The van der Waals surface area contributed by atoms with Crippen LogP contribution in [0.2, 0.25) is 0 Å². The molecule has 0 aromatic heterocycles. The number of nitrogens with one attached hydrogen (secondary N) is 1. The summed E-state index contributed by atoms with van der Waals surface area (Å²) < 4.78 is 11.3. The number of aliphatic carboxylic acids is 1. The van der Waals surface area contributed by atoms with Gasteiger partial charge >= 0.3 is 5.97 Å². The molecule has 0 saturated heterocycles. The van der Waals surface area contributed by atoms with Crippen molar-refractivity contribution in [2.45, 2.75) is 44.2 Å². The van der Waals surface area contributed by atoms with E-state index in [0.29, 0.717) is 25.7 Å². The first kappa shape index (κ1) is 14.2. The number of hydrogen-bond donors (Lipinski definition) is 2. The summed E-state index contributed by atoms with van der Waals surface area (Å²) in [6, 6.07) is 6.36. The van der Waals surface area contributed by atoms with E-state index in [2.05, 4.69) is 5.32 Å². The first-order valence-corrected chi connectivity index (χ1v) is 7.57. The Labute approximate surface area is 124 Å². The Hall–Kier alpha value is -1.75. The minimum atomic E-state index is -0.762. The van der Waals surface area contributed by atoms with Gasteiger partial charge < -0.3 is 19.9 Å². The van der Waals surface area contributed by atoms with Crippen LogP contribution in [0.15, 0.2) is 18.2 Å². The van der Waals surface area contributed by atoms with Crippen LogP contribution in [0.3, 0.4) is 0 Å². The molecule has 1 heterocycles. The molecule has 5 nitrogen and oxygen atoms in total. The highest BCUT2D eigenvalue weighted by Gasteiger charge is 2.26. The van der Waals surface area contributed by atoms with Crippen molar-refractivity contribution in [1.29, 1.82) is 0 Å². The van der Waals surface area contributed by atoms with Gasteiger partial charge in [0.15, 0.2) is 11.5 Å². The van der Waals surface area contributed by atoms with E-state index < -0.39 is 5.97 Å². The maximum absolute atomic E-state index is 11.0. The highest BCUT2D eigenvalue weighted by atomic mass is 16.5. The zero-order valence-electron chi connectivity index (χ0n) is 12.0. The lowest BCUT2D eigenvalue weighted by Gasteiger charge is -2.17. The van der Waals surface area contributed by atoms with E-state index in [9.17, 15) is 4.79 Å². The molecule has 2 aliphatic rings. The normalized spacial score (nSPS) is 18.9. The lowest BCUT2D eigenvalue weighted by molar-refractivity contribution is -0.137. The second-order valence-electron chi connectivity index (χ2n) is 5.77. The molecular weight excluding hydrogens is 270 g/mol. The predicted molar refractivity (Wildman–Crippen MR) is 78.0 cm³/mol. The minimum absolute atomic E-state index is 0.0280. The van der Waals surface area contributed by atoms with E-state index in [1.165, 1.54) is 0 Å². The number of carboxylic acid groups (broad SMARTS) is 1. The summed E-state index contributed by atoms with van der Waals surface area (Å²) in [4.78, 5) is 11.0. The van der Waals surface area contributed by atoms with Crippen molar-refractivity contribution >= 4 is 5.97 Å². The molecule has 2 N–H and O–H groups in total. The molecule has 1 fully saturated rings. The molecule has 5 heteroatoms. The van der Waals surface area contributed by atoms with E-state index in [-0.39, 0.29) is 12.5 Å². The van der Waals surface area contributed by atoms with Crippen molar-refractivity contribution in [1.82, 2.24) is 5.32 Å². The number of carbonyl (C=O) groups is 1. The largest absolute Gasteiger partial charge is 0.490 e. The van der Waals surface area contributed by atoms with Gasteiger partial charge in [-0.3, -0.25) is 4.79 Å². The standard InChI is InChI=1S/C16H21NO4/c18-16(19)10-13(17-12-3-4-12)8-11-2-5-14-15(9-11)21-7-1-6-20-14/h2,5,9,12-13,17H,1,3-4,6-8,10H2,(H,18,19). The Bertz CT molecular complexity index is 513. The fourth-order valence-electron chi connectivity index (χ4n) is 2.60. The predicted octanol–water partition coefficient (Wildman–Crippen LogP) is 1.99. The smallest absolute Gasteiger partial charge is 0.304 e. The van der Waals surface area contributed by atoms with Gasteiger partial charge in [0.2, 0.25) is 0 Å². The number of rotatable bonds is 6. The molecule has 21 heavy (non-hydrogen) atoms. The molecular formula is C16H21NO4. The molecule has 0 bridgehead atoms. The van der Waals surface area contributed by atoms with E-state index in [1.54, 1.807) is 0 Å². The fourth-order valence-corrected chi connectivity index (χ4v) is 2.60. The van der Waals surface area contributed by atoms with Crippen LogP contribution in [0.25, 0.3) is 0 Å². The van der Waals surface area contributed by atoms with Crippen LogP contribution in [0, 0.1) is 0 Å². The van der Waals surface area contributed by atoms with E-state index in [1.807, 2.05) is 18.2 Å². The third-order valence-electron chi connectivity index (χ3n) is 3.76. The summed E-state index contributed by atoms with van der Waals surface area (Å²) in [5.74, 6) is 0.786. The van der Waals surface area contributed by atoms with Crippen LogP contribution in [-0.2, 0) is 11.2 Å². The zero-order chi connectivity index (χ0) is 14.7. The monoisotopic (exact) mass is 291 g/mol. The van der Waals surface area contributed by atoms with Gasteiger partial charge in [-0.1, -0.05) is 6.07 Å². The number of carboxylic acids is 1. The number of fused-ring (bicyclic) bond motifs is 1. The Balaban J connectivity index is 1.69. The van der Waals surface area contributed by atoms with Crippen LogP contribution in [0.1, 0.15) is 31.2 Å². The Morgan fingerprint density at radius 2 is 2.05 bits per heavy atom. The van der Waals surface area contributed by atoms with Crippen LogP contribution < -0.4 is 14.8 Å². The van der Waals surface area contributed by atoms with Gasteiger partial charge in [0.05, 0.1) is 19.6 Å². The van der Waals surface area contributed by atoms with Gasteiger partial charge in [-0.2, -0.15) is 0 Å². The average Bonchev–Trinajstić information content (AvgIpc) is 3.24. The summed E-state index contributed by atoms with van der Waals surface area (Å²) >= 11 is 0. The zero-order valence-corrected chi connectivity index (χ0v) is 12.0. The van der Waals surface area contributed by atoms with Crippen LogP contribution in [0.5, 0.6) is 11.5 Å². The number of hydrogen-bond acceptors (Lipinski definition) is 4. The van der Waals surface area contributed by atoms with Crippen molar-refractivity contribution in [3.05, 3.63) is 23.8 Å². The van der Waals surface area contributed by atoms with Gasteiger partial charge in [0.25, 0.3) is 0 Å². The summed E-state index contributed by atoms with van der Waals surface area (Å²) in [6.45, 7) is 1.34. The molecule has 1 saturated carbocycles. The van der Waals surface area contributed by atoms with Gasteiger partial charge in [-0.15, -0.1) is 0 Å². The maximum Gasteiger partial charge on any atom is 0.304 e. The lowest BCUT2D eigenvalue weighted by Crippen LogP contribution is -2.35. The van der Waals surface area contributed by atoms with Crippen LogP contribution in [-0.4, -0.2) is 36.4 Å². The molecule has 0 spiro atoms. The summed E-state index contributed by atoms with van der Waals surface area (Å²) in [5.41, 5.74) is 1.08. The summed E-state index contributed by atoms with van der Waals surface area (Å²) in [6.07, 6.45) is 4.02. The topological polar surface area (TPSA) is 67.8 Å². The maximum atomic E-state index is 11.0. The quantitative estimate of drug-likeness (QED) is 0.839. The third kappa shape index (κ3) is 4.11. The molecule has 1 atom stereocenters. The Morgan fingerprint density at radius 1 is 1.29 bits per heavy atom. The summed E-state index contributed by atoms with van der Waals surface area (Å²) in [7, 11) is 0. The Kier molecular flexibility index (Phi) is 4.29. The highest BCUT2D eigenvalue weighted by Crippen LogP contribution is 2.31. The van der Waals surface area contributed by atoms with Gasteiger partial charge in [-0.05, 0) is 37.0 Å². The van der Waals surface area contributed by atoms with Gasteiger partial charge in [0.1, 0.15) is 0 Å². The van der Waals surface area contributed by atoms with E-state index in [4.69, 9.17) is 14.6 Å². The number of benzene rings is 1. The molecule has 114 valence electrons.